The maximum Gasteiger partial charge on any atom is 0.253 e. The fourth-order valence-electron chi connectivity index (χ4n) is 3.93. The lowest BCUT2D eigenvalue weighted by Gasteiger charge is -2.37. The summed E-state index contributed by atoms with van der Waals surface area (Å²) >= 11 is 0. The zero-order chi connectivity index (χ0) is 16.2. The Hall–Kier alpha value is -1.35. The monoisotopic (exact) mass is 314 g/mol. The van der Waals surface area contributed by atoms with Gasteiger partial charge in [0.1, 0.15) is 0 Å². The Morgan fingerprint density at radius 3 is 2.35 bits per heavy atom. The Morgan fingerprint density at radius 1 is 1.00 bits per heavy atom. The second-order valence-corrected chi connectivity index (χ2v) is 7.40. The molecule has 23 heavy (non-hydrogen) atoms. The van der Waals surface area contributed by atoms with Crippen molar-refractivity contribution < 1.29 is 4.79 Å². The van der Waals surface area contributed by atoms with Crippen LogP contribution >= 0.6 is 0 Å². The summed E-state index contributed by atoms with van der Waals surface area (Å²) in [6, 6.07) is 6.06. The minimum Gasteiger partial charge on any atom is -0.336 e. The van der Waals surface area contributed by atoms with Crippen molar-refractivity contribution in [3.05, 3.63) is 34.9 Å². The van der Waals surface area contributed by atoms with Gasteiger partial charge in [-0.05, 0) is 55.9 Å². The maximum absolute atomic E-state index is 12.7. The molecule has 0 spiro atoms. The van der Waals surface area contributed by atoms with Gasteiger partial charge in [0.15, 0.2) is 0 Å². The van der Waals surface area contributed by atoms with Crippen molar-refractivity contribution in [2.45, 2.75) is 46.0 Å². The average Bonchev–Trinajstić information content (AvgIpc) is 2.58. The van der Waals surface area contributed by atoms with Crippen LogP contribution in [-0.4, -0.2) is 48.4 Å². The lowest BCUT2D eigenvalue weighted by molar-refractivity contribution is 0.0606. The molecular formula is C20H30N2O. The summed E-state index contributed by atoms with van der Waals surface area (Å²) in [6.45, 7) is 9.23. The molecule has 1 heterocycles. The van der Waals surface area contributed by atoms with E-state index in [4.69, 9.17) is 0 Å². The second kappa shape index (κ2) is 7.48. The summed E-state index contributed by atoms with van der Waals surface area (Å²) in [5.41, 5.74) is 3.29. The van der Waals surface area contributed by atoms with Gasteiger partial charge in [0.2, 0.25) is 0 Å². The topological polar surface area (TPSA) is 23.6 Å². The fourth-order valence-corrected chi connectivity index (χ4v) is 3.93. The Balaban J connectivity index is 1.51. The number of carbonyl (C=O) groups is 1. The summed E-state index contributed by atoms with van der Waals surface area (Å²) in [5, 5.41) is 0. The first-order valence-corrected chi connectivity index (χ1v) is 9.22. The predicted molar refractivity (Wildman–Crippen MR) is 94.8 cm³/mol. The van der Waals surface area contributed by atoms with Crippen LogP contribution in [0.15, 0.2) is 18.2 Å². The molecule has 3 heteroatoms. The zero-order valence-electron chi connectivity index (χ0n) is 14.7. The molecule has 0 unspecified atom stereocenters. The van der Waals surface area contributed by atoms with Crippen LogP contribution in [0.25, 0.3) is 0 Å². The molecule has 0 radical (unpaired) electrons. The van der Waals surface area contributed by atoms with Gasteiger partial charge in [-0.25, -0.2) is 0 Å². The van der Waals surface area contributed by atoms with Gasteiger partial charge in [0.25, 0.3) is 5.91 Å². The number of rotatable bonds is 3. The Kier molecular flexibility index (Phi) is 5.37. The summed E-state index contributed by atoms with van der Waals surface area (Å²) < 4.78 is 0. The molecule has 1 aliphatic carbocycles. The van der Waals surface area contributed by atoms with Crippen LogP contribution in [0.5, 0.6) is 0 Å². The molecule has 2 fully saturated rings. The quantitative estimate of drug-likeness (QED) is 0.850. The van der Waals surface area contributed by atoms with Gasteiger partial charge in [-0.2, -0.15) is 0 Å². The molecular weight excluding hydrogens is 284 g/mol. The molecule has 3 nitrogen and oxygen atoms in total. The van der Waals surface area contributed by atoms with E-state index in [0.29, 0.717) is 0 Å². The third kappa shape index (κ3) is 4.14. The third-order valence-electron chi connectivity index (χ3n) is 5.65. The molecule has 0 bridgehead atoms. The predicted octanol–water partition coefficient (Wildman–Crippen LogP) is 3.64. The highest BCUT2D eigenvalue weighted by atomic mass is 16.2. The van der Waals surface area contributed by atoms with E-state index in [1.807, 2.05) is 17.0 Å². The van der Waals surface area contributed by atoms with Crippen LogP contribution in [0.3, 0.4) is 0 Å². The van der Waals surface area contributed by atoms with E-state index in [9.17, 15) is 4.79 Å². The second-order valence-electron chi connectivity index (χ2n) is 7.40. The van der Waals surface area contributed by atoms with Gasteiger partial charge in [0, 0.05) is 38.3 Å². The molecule has 1 aromatic rings. The van der Waals surface area contributed by atoms with Crippen molar-refractivity contribution in [1.82, 2.24) is 9.80 Å². The SMILES string of the molecule is Cc1ccc(C(=O)N2CCN(CC3CCCCC3)CC2)cc1C. The molecule has 1 saturated carbocycles. The number of aryl methyl sites for hydroxylation is 2. The van der Waals surface area contributed by atoms with Crippen molar-refractivity contribution in [2.24, 2.45) is 5.92 Å². The van der Waals surface area contributed by atoms with Crippen LogP contribution in [0.4, 0.5) is 0 Å². The average molecular weight is 314 g/mol. The van der Waals surface area contributed by atoms with Crippen molar-refractivity contribution >= 4 is 5.91 Å². The van der Waals surface area contributed by atoms with E-state index in [1.165, 1.54) is 49.8 Å². The van der Waals surface area contributed by atoms with Crippen LogP contribution < -0.4 is 0 Å². The molecule has 0 aromatic heterocycles. The van der Waals surface area contributed by atoms with Crippen LogP contribution in [-0.2, 0) is 0 Å². The number of benzene rings is 1. The Morgan fingerprint density at radius 2 is 1.70 bits per heavy atom. The molecule has 2 aliphatic rings. The summed E-state index contributed by atoms with van der Waals surface area (Å²) in [7, 11) is 0. The van der Waals surface area contributed by atoms with E-state index in [0.717, 1.165) is 37.7 Å². The molecule has 0 atom stereocenters. The van der Waals surface area contributed by atoms with Gasteiger partial charge in [-0.3, -0.25) is 9.69 Å². The first-order valence-electron chi connectivity index (χ1n) is 9.22. The van der Waals surface area contributed by atoms with Crippen molar-refractivity contribution in [1.29, 1.82) is 0 Å². The van der Waals surface area contributed by atoms with Gasteiger partial charge in [-0.15, -0.1) is 0 Å². The first-order chi connectivity index (χ1) is 11.1. The van der Waals surface area contributed by atoms with Gasteiger partial charge < -0.3 is 4.90 Å². The van der Waals surface area contributed by atoms with Gasteiger partial charge >= 0.3 is 0 Å². The Bertz CT molecular complexity index is 541. The molecule has 1 saturated heterocycles. The highest BCUT2D eigenvalue weighted by molar-refractivity contribution is 5.94. The summed E-state index contributed by atoms with van der Waals surface area (Å²) in [5.74, 6) is 1.09. The van der Waals surface area contributed by atoms with Crippen LogP contribution in [0.2, 0.25) is 0 Å². The van der Waals surface area contributed by atoms with E-state index < -0.39 is 0 Å². The number of nitrogens with zero attached hydrogens (tertiary/aromatic N) is 2. The lowest BCUT2D eigenvalue weighted by atomic mass is 9.89. The highest BCUT2D eigenvalue weighted by Crippen LogP contribution is 2.25. The standard InChI is InChI=1S/C20H30N2O/c1-16-8-9-19(14-17(16)2)20(23)22-12-10-21(11-13-22)15-18-6-4-3-5-7-18/h8-9,14,18H,3-7,10-13,15H2,1-2H3. The van der Waals surface area contributed by atoms with Gasteiger partial charge in [-0.1, -0.05) is 25.3 Å². The maximum atomic E-state index is 12.7. The largest absolute Gasteiger partial charge is 0.336 e. The number of hydrogen-bond donors (Lipinski definition) is 0. The zero-order valence-corrected chi connectivity index (χ0v) is 14.7. The van der Waals surface area contributed by atoms with E-state index >= 15 is 0 Å². The minimum atomic E-state index is 0.199. The fraction of sp³-hybridized carbons (Fsp3) is 0.650. The number of carbonyl (C=O) groups excluding carboxylic acids is 1. The molecule has 0 N–H and O–H groups in total. The Labute approximate surface area is 140 Å². The first kappa shape index (κ1) is 16.5. The van der Waals surface area contributed by atoms with Crippen molar-refractivity contribution in [3.8, 4) is 0 Å². The smallest absolute Gasteiger partial charge is 0.253 e. The highest BCUT2D eigenvalue weighted by Gasteiger charge is 2.24. The normalized spacial score (nSPS) is 20.7. The third-order valence-corrected chi connectivity index (χ3v) is 5.65. The lowest BCUT2D eigenvalue weighted by Crippen LogP contribution is -2.49. The molecule has 1 amide bonds. The van der Waals surface area contributed by atoms with E-state index in [2.05, 4.69) is 24.8 Å². The molecule has 3 rings (SSSR count). The number of amides is 1. The van der Waals surface area contributed by atoms with Crippen LogP contribution in [0, 0.1) is 19.8 Å². The molecule has 126 valence electrons. The van der Waals surface area contributed by atoms with Crippen molar-refractivity contribution in [3.63, 3.8) is 0 Å². The number of hydrogen-bond acceptors (Lipinski definition) is 2. The number of piperazine rings is 1. The minimum absolute atomic E-state index is 0.199. The van der Waals surface area contributed by atoms with Gasteiger partial charge in [0.05, 0.1) is 0 Å². The van der Waals surface area contributed by atoms with Crippen molar-refractivity contribution in [2.75, 3.05) is 32.7 Å². The van der Waals surface area contributed by atoms with E-state index in [-0.39, 0.29) is 5.91 Å². The summed E-state index contributed by atoms with van der Waals surface area (Å²) in [6.07, 6.45) is 7.06. The molecule has 1 aliphatic heterocycles. The molecule has 1 aromatic carbocycles. The van der Waals surface area contributed by atoms with Crippen LogP contribution in [0.1, 0.15) is 53.6 Å². The van der Waals surface area contributed by atoms with E-state index in [1.54, 1.807) is 0 Å². The summed E-state index contributed by atoms with van der Waals surface area (Å²) in [4.78, 5) is 17.3.